The minimum atomic E-state index is 0.183. The van der Waals surface area contributed by atoms with Crippen molar-refractivity contribution in [1.29, 1.82) is 0 Å². The van der Waals surface area contributed by atoms with Gasteiger partial charge in [-0.05, 0) is 18.8 Å². The van der Waals surface area contributed by atoms with Crippen LogP contribution in [-0.2, 0) is 20.7 Å². The van der Waals surface area contributed by atoms with Crippen molar-refractivity contribution in [1.82, 2.24) is 15.0 Å². The van der Waals surface area contributed by atoms with Gasteiger partial charge in [0.15, 0.2) is 5.82 Å². The van der Waals surface area contributed by atoms with E-state index in [1.165, 1.54) is 0 Å². The third kappa shape index (κ3) is 4.29. The van der Waals surface area contributed by atoms with Crippen LogP contribution in [0.15, 0.2) is 4.52 Å². The zero-order chi connectivity index (χ0) is 16.1. The maximum Gasteiger partial charge on any atom is 0.233 e. The summed E-state index contributed by atoms with van der Waals surface area (Å²) >= 11 is 0. The van der Waals surface area contributed by atoms with Crippen molar-refractivity contribution in [3.63, 3.8) is 0 Å². The van der Waals surface area contributed by atoms with Crippen LogP contribution in [0.2, 0.25) is 0 Å². The number of likely N-dealkylation sites (tertiary alicyclic amines) is 1. The van der Waals surface area contributed by atoms with Crippen molar-refractivity contribution in [2.75, 3.05) is 39.5 Å². The van der Waals surface area contributed by atoms with E-state index in [2.05, 4.69) is 10.1 Å². The normalized spacial score (nSPS) is 19.8. The molecule has 0 aliphatic carbocycles. The second-order valence-corrected chi connectivity index (χ2v) is 6.28. The lowest BCUT2D eigenvalue weighted by atomic mass is 10.00. The summed E-state index contributed by atoms with van der Waals surface area (Å²) in [5.41, 5.74) is 0. The Morgan fingerprint density at radius 1 is 1.35 bits per heavy atom. The highest BCUT2D eigenvalue weighted by atomic mass is 16.5. The van der Waals surface area contributed by atoms with Crippen LogP contribution in [0.3, 0.4) is 0 Å². The molecule has 0 unspecified atom stereocenters. The molecular weight excluding hydrogens is 298 g/mol. The highest BCUT2D eigenvalue weighted by Crippen LogP contribution is 2.26. The van der Waals surface area contributed by atoms with Gasteiger partial charge < -0.3 is 18.9 Å². The molecule has 0 aromatic carbocycles. The van der Waals surface area contributed by atoms with Gasteiger partial charge in [0.05, 0.1) is 12.5 Å². The fourth-order valence-electron chi connectivity index (χ4n) is 2.92. The Morgan fingerprint density at radius 3 is 2.87 bits per heavy atom. The minimum absolute atomic E-state index is 0.183. The first kappa shape index (κ1) is 16.4. The second-order valence-electron chi connectivity index (χ2n) is 6.28. The smallest absolute Gasteiger partial charge is 0.233 e. The summed E-state index contributed by atoms with van der Waals surface area (Å²) in [5.74, 6) is 2.32. The lowest BCUT2D eigenvalue weighted by molar-refractivity contribution is -0.135. The first-order chi connectivity index (χ1) is 11.3. The van der Waals surface area contributed by atoms with E-state index in [1.54, 1.807) is 0 Å². The van der Waals surface area contributed by atoms with Crippen molar-refractivity contribution in [3.8, 4) is 0 Å². The predicted octanol–water partition coefficient (Wildman–Crippen LogP) is 1.39. The largest absolute Gasteiger partial charge is 0.381 e. The van der Waals surface area contributed by atoms with Gasteiger partial charge in [0, 0.05) is 45.8 Å². The molecule has 0 N–H and O–H groups in total. The minimum Gasteiger partial charge on any atom is -0.381 e. The Labute approximate surface area is 136 Å². The summed E-state index contributed by atoms with van der Waals surface area (Å²) in [6, 6.07) is 0. The Hall–Kier alpha value is -1.47. The SMILES string of the molecule is CCC(=O)N1CC(c2nc(CCOCC3CCOCC3)no2)C1. The number of amides is 1. The summed E-state index contributed by atoms with van der Waals surface area (Å²) in [6.45, 7) is 6.35. The van der Waals surface area contributed by atoms with Crippen LogP contribution in [0, 0.1) is 5.92 Å². The number of hydrogen-bond acceptors (Lipinski definition) is 6. The molecule has 0 atom stereocenters. The van der Waals surface area contributed by atoms with Gasteiger partial charge >= 0.3 is 0 Å². The average Bonchev–Trinajstić information content (AvgIpc) is 2.99. The van der Waals surface area contributed by atoms with E-state index >= 15 is 0 Å². The van der Waals surface area contributed by atoms with Gasteiger partial charge in [0.1, 0.15) is 0 Å². The van der Waals surface area contributed by atoms with E-state index in [9.17, 15) is 4.79 Å². The maximum atomic E-state index is 11.5. The molecule has 7 heteroatoms. The van der Waals surface area contributed by atoms with Gasteiger partial charge in [-0.15, -0.1) is 0 Å². The van der Waals surface area contributed by atoms with Crippen molar-refractivity contribution in [2.24, 2.45) is 5.92 Å². The number of rotatable bonds is 7. The average molecular weight is 323 g/mol. The summed E-state index contributed by atoms with van der Waals surface area (Å²) in [6.07, 6.45) is 3.38. The number of nitrogens with zero attached hydrogens (tertiary/aromatic N) is 3. The Balaban J connectivity index is 1.34. The number of ether oxygens (including phenoxy) is 2. The van der Waals surface area contributed by atoms with Gasteiger partial charge in [-0.2, -0.15) is 4.98 Å². The first-order valence-corrected chi connectivity index (χ1v) is 8.52. The fourth-order valence-corrected chi connectivity index (χ4v) is 2.92. The number of carbonyl (C=O) groups excluding carboxylic acids is 1. The molecule has 0 bridgehead atoms. The van der Waals surface area contributed by atoms with Crippen LogP contribution in [0.25, 0.3) is 0 Å². The molecule has 1 amide bonds. The van der Waals surface area contributed by atoms with E-state index in [1.807, 2.05) is 11.8 Å². The summed E-state index contributed by atoms with van der Waals surface area (Å²) in [4.78, 5) is 17.8. The maximum absolute atomic E-state index is 11.5. The molecule has 0 spiro atoms. The molecule has 2 aliphatic heterocycles. The molecule has 0 saturated carbocycles. The number of hydrogen-bond donors (Lipinski definition) is 0. The predicted molar refractivity (Wildman–Crippen MR) is 82.0 cm³/mol. The Bertz CT molecular complexity index is 507. The quantitative estimate of drug-likeness (QED) is 0.706. The van der Waals surface area contributed by atoms with Crippen molar-refractivity contribution >= 4 is 5.91 Å². The molecule has 1 aromatic heterocycles. The molecule has 2 aliphatic rings. The lowest BCUT2D eigenvalue weighted by Crippen LogP contribution is -2.48. The van der Waals surface area contributed by atoms with E-state index in [-0.39, 0.29) is 11.8 Å². The number of carbonyl (C=O) groups is 1. The topological polar surface area (TPSA) is 77.7 Å². The van der Waals surface area contributed by atoms with Crippen LogP contribution in [0.5, 0.6) is 0 Å². The first-order valence-electron chi connectivity index (χ1n) is 8.52. The summed E-state index contributed by atoms with van der Waals surface area (Å²) < 4.78 is 16.4. The van der Waals surface area contributed by atoms with Crippen LogP contribution in [-0.4, -0.2) is 60.5 Å². The highest BCUT2D eigenvalue weighted by molar-refractivity contribution is 5.76. The van der Waals surface area contributed by atoms with Gasteiger partial charge in [0.2, 0.25) is 11.8 Å². The highest BCUT2D eigenvalue weighted by Gasteiger charge is 2.34. The molecule has 7 nitrogen and oxygen atoms in total. The van der Waals surface area contributed by atoms with Crippen molar-refractivity contribution in [3.05, 3.63) is 11.7 Å². The molecule has 2 saturated heterocycles. The van der Waals surface area contributed by atoms with Gasteiger partial charge in [-0.1, -0.05) is 12.1 Å². The lowest BCUT2D eigenvalue weighted by Gasteiger charge is -2.36. The summed E-state index contributed by atoms with van der Waals surface area (Å²) in [7, 11) is 0. The fraction of sp³-hybridized carbons (Fsp3) is 0.812. The third-order valence-electron chi connectivity index (χ3n) is 4.53. The monoisotopic (exact) mass is 323 g/mol. The number of aromatic nitrogens is 2. The molecule has 2 fully saturated rings. The van der Waals surface area contributed by atoms with E-state index in [4.69, 9.17) is 14.0 Å². The Morgan fingerprint density at radius 2 is 2.13 bits per heavy atom. The van der Waals surface area contributed by atoms with Crippen LogP contribution in [0.4, 0.5) is 0 Å². The van der Waals surface area contributed by atoms with Crippen molar-refractivity contribution < 1.29 is 18.8 Å². The third-order valence-corrected chi connectivity index (χ3v) is 4.53. The van der Waals surface area contributed by atoms with E-state index < -0.39 is 0 Å². The second kappa shape index (κ2) is 7.88. The summed E-state index contributed by atoms with van der Waals surface area (Å²) in [5, 5.41) is 4.00. The standard InChI is InChI=1S/C16H25N3O4/c1-2-15(20)19-9-13(10-19)16-17-14(18-23-16)5-8-22-11-12-3-6-21-7-4-12/h12-13H,2-11H2,1H3. The molecule has 0 radical (unpaired) electrons. The van der Waals surface area contributed by atoms with Gasteiger partial charge in [0.25, 0.3) is 0 Å². The van der Waals surface area contributed by atoms with Gasteiger partial charge in [-0.25, -0.2) is 0 Å². The molecule has 128 valence electrons. The van der Waals surface area contributed by atoms with Crippen LogP contribution >= 0.6 is 0 Å². The molecule has 1 aromatic rings. The van der Waals surface area contributed by atoms with E-state index in [0.29, 0.717) is 50.2 Å². The van der Waals surface area contributed by atoms with E-state index in [0.717, 1.165) is 32.7 Å². The van der Waals surface area contributed by atoms with Gasteiger partial charge in [-0.3, -0.25) is 4.79 Å². The molecule has 3 heterocycles. The Kier molecular flexibility index (Phi) is 5.61. The molecular formula is C16H25N3O4. The zero-order valence-electron chi connectivity index (χ0n) is 13.7. The zero-order valence-corrected chi connectivity index (χ0v) is 13.7. The van der Waals surface area contributed by atoms with Crippen molar-refractivity contribution in [2.45, 2.75) is 38.5 Å². The molecule has 3 rings (SSSR count). The van der Waals surface area contributed by atoms with Crippen LogP contribution in [0.1, 0.15) is 43.8 Å². The molecule has 23 heavy (non-hydrogen) atoms. The van der Waals surface area contributed by atoms with Crippen LogP contribution < -0.4 is 0 Å².